The molecule has 3 aromatic rings. The van der Waals surface area contributed by atoms with Crippen LogP contribution in [0.1, 0.15) is 32.4 Å². The van der Waals surface area contributed by atoms with Gasteiger partial charge in [0.05, 0.1) is 19.3 Å². The van der Waals surface area contributed by atoms with Gasteiger partial charge in [0.1, 0.15) is 0 Å². The Bertz CT molecular complexity index is 999. The molecule has 1 atom stereocenters. The average Bonchev–Trinajstić information content (AvgIpc) is 3.34. The average molecular weight is 417 g/mol. The molecule has 0 saturated carbocycles. The van der Waals surface area contributed by atoms with Crippen LogP contribution in [0.2, 0.25) is 0 Å². The monoisotopic (exact) mass is 416 g/mol. The SMILES string of the molecule is O=C(NC[C@H](c1cccs1)N1CCOCC1)c1ccc(C#Cc2ccccc2)cc1. The van der Waals surface area contributed by atoms with Gasteiger partial charge in [-0.05, 0) is 47.8 Å². The molecular formula is C25H24N2O2S. The lowest BCUT2D eigenvalue weighted by Crippen LogP contribution is -2.43. The van der Waals surface area contributed by atoms with Gasteiger partial charge in [-0.2, -0.15) is 0 Å². The van der Waals surface area contributed by atoms with Crippen LogP contribution >= 0.6 is 11.3 Å². The van der Waals surface area contributed by atoms with Crippen molar-refractivity contribution in [3.8, 4) is 11.8 Å². The van der Waals surface area contributed by atoms with E-state index in [0.29, 0.717) is 12.1 Å². The van der Waals surface area contributed by atoms with Crippen molar-refractivity contribution in [2.24, 2.45) is 0 Å². The third-order valence-electron chi connectivity index (χ3n) is 5.09. The summed E-state index contributed by atoms with van der Waals surface area (Å²) in [6, 6.07) is 21.7. The smallest absolute Gasteiger partial charge is 0.251 e. The lowest BCUT2D eigenvalue weighted by molar-refractivity contribution is 0.0169. The Morgan fingerprint density at radius 3 is 2.33 bits per heavy atom. The van der Waals surface area contributed by atoms with Crippen LogP contribution in [0.25, 0.3) is 0 Å². The second-order valence-electron chi connectivity index (χ2n) is 7.08. The zero-order valence-electron chi connectivity index (χ0n) is 16.7. The van der Waals surface area contributed by atoms with Gasteiger partial charge in [0.15, 0.2) is 0 Å². The summed E-state index contributed by atoms with van der Waals surface area (Å²) in [4.78, 5) is 16.4. The van der Waals surface area contributed by atoms with E-state index in [-0.39, 0.29) is 11.9 Å². The van der Waals surface area contributed by atoms with Crippen molar-refractivity contribution in [1.29, 1.82) is 0 Å². The first-order chi connectivity index (χ1) is 14.8. The fourth-order valence-electron chi connectivity index (χ4n) is 3.44. The molecule has 1 amide bonds. The molecular weight excluding hydrogens is 392 g/mol. The molecule has 0 bridgehead atoms. The summed E-state index contributed by atoms with van der Waals surface area (Å²) in [6.07, 6.45) is 0. The van der Waals surface area contributed by atoms with Gasteiger partial charge in [-0.1, -0.05) is 36.1 Å². The Morgan fingerprint density at radius 1 is 0.967 bits per heavy atom. The summed E-state index contributed by atoms with van der Waals surface area (Å²) in [5.74, 6) is 6.21. The Hall–Kier alpha value is -2.91. The number of carbonyl (C=O) groups is 1. The first-order valence-corrected chi connectivity index (χ1v) is 11.0. The molecule has 1 aliphatic rings. The number of hydrogen-bond donors (Lipinski definition) is 1. The minimum Gasteiger partial charge on any atom is -0.379 e. The number of hydrogen-bond acceptors (Lipinski definition) is 4. The number of morpholine rings is 1. The van der Waals surface area contributed by atoms with Crippen LogP contribution in [-0.2, 0) is 4.74 Å². The first-order valence-electron chi connectivity index (χ1n) is 10.1. The topological polar surface area (TPSA) is 41.6 Å². The lowest BCUT2D eigenvalue weighted by Gasteiger charge is -2.34. The molecule has 1 N–H and O–H groups in total. The summed E-state index contributed by atoms with van der Waals surface area (Å²) < 4.78 is 5.48. The number of amides is 1. The van der Waals surface area contributed by atoms with Gasteiger partial charge < -0.3 is 10.1 Å². The lowest BCUT2D eigenvalue weighted by atomic mass is 10.1. The highest BCUT2D eigenvalue weighted by Gasteiger charge is 2.24. The third-order valence-corrected chi connectivity index (χ3v) is 6.06. The number of thiophene rings is 1. The minimum atomic E-state index is -0.0626. The fourth-order valence-corrected chi connectivity index (χ4v) is 4.30. The van der Waals surface area contributed by atoms with Gasteiger partial charge in [0.2, 0.25) is 0 Å². The van der Waals surface area contributed by atoms with Crippen molar-refractivity contribution in [1.82, 2.24) is 10.2 Å². The molecule has 1 saturated heterocycles. The Balaban J connectivity index is 1.38. The molecule has 5 heteroatoms. The van der Waals surface area contributed by atoms with Crippen molar-refractivity contribution >= 4 is 17.2 Å². The predicted molar refractivity (Wildman–Crippen MR) is 121 cm³/mol. The molecule has 0 aliphatic carbocycles. The molecule has 2 aromatic carbocycles. The highest BCUT2D eigenvalue weighted by molar-refractivity contribution is 7.10. The van der Waals surface area contributed by atoms with E-state index in [1.807, 2.05) is 54.6 Å². The number of nitrogens with one attached hydrogen (secondary N) is 1. The summed E-state index contributed by atoms with van der Waals surface area (Å²) in [5, 5.41) is 5.19. The standard InChI is InChI=1S/C25H24N2O2S/c28-25(22-12-10-21(11-13-22)9-8-20-5-2-1-3-6-20)26-19-23(24-7-4-18-30-24)27-14-16-29-17-15-27/h1-7,10-13,18,23H,14-17,19H2,(H,26,28)/t23-/m1/s1. The largest absolute Gasteiger partial charge is 0.379 e. The van der Waals surface area contributed by atoms with Gasteiger partial charge in [-0.3, -0.25) is 9.69 Å². The van der Waals surface area contributed by atoms with Gasteiger partial charge in [0.25, 0.3) is 5.91 Å². The van der Waals surface area contributed by atoms with E-state index < -0.39 is 0 Å². The number of nitrogens with zero attached hydrogens (tertiary/aromatic N) is 1. The first kappa shape index (κ1) is 20.4. The number of ether oxygens (including phenoxy) is 1. The molecule has 1 aliphatic heterocycles. The van der Waals surface area contributed by atoms with E-state index in [4.69, 9.17) is 4.74 Å². The Labute approximate surface area is 181 Å². The second-order valence-corrected chi connectivity index (χ2v) is 8.06. The highest BCUT2D eigenvalue weighted by Crippen LogP contribution is 2.25. The van der Waals surface area contributed by atoms with E-state index in [9.17, 15) is 4.79 Å². The van der Waals surface area contributed by atoms with Gasteiger partial charge in [-0.15, -0.1) is 11.3 Å². The molecule has 152 valence electrons. The van der Waals surface area contributed by atoms with Crippen molar-refractivity contribution in [3.05, 3.63) is 93.7 Å². The highest BCUT2D eigenvalue weighted by atomic mass is 32.1. The van der Waals surface area contributed by atoms with E-state index in [2.05, 4.69) is 39.6 Å². The van der Waals surface area contributed by atoms with E-state index >= 15 is 0 Å². The van der Waals surface area contributed by atoms with Crippen LogP contribution in [0.3, 0.4) is 0 Å². The fraction of sp³-hybridized carbons (Fsp3) is 0.240. The molecule has 4 nitrogen and oxygen atoms in total. The van der Waals surface area contributed by atoms with E-state index in [1.165, 1.54) is 4.88 Å². The minimum absolute atomic E-state index is 0.0626. The number of carbonyl (C=O) groups excluding carboxylic acids is 1. The Morgan fingerprint density at radius 2 is 1.67 bits per heavy atom. The number of rotatable bonds is 5. The summed E-state index contributed by atoms with van der Waals surface area (Å²) in [7, 11) is 0. The quantitative estimate of drug-likeness (QED) is 0.641. The van der Waals surface area contributed by atoms with Crippen LogP contribution in [-0.4, -0.2) is 43.7 Å². The van der Waals surface area contributed by atoms with Crippen LogP contribution in [0.15, 0.2) is 72.1 Å². The summed E-state index contributed by atoms with van der Waals surface area (Å²) in [5.41, 5.74) is 2.51. The Kier molecular flexibility index (Phi) is 6.94. The maximum absolute atomic E-state index is 12.7. The molecule has 4 rings (SSSR count). The van der Waals surface area contributed by atoms with Crippen LogP contribution in [0, 0.1) is 11.8 Å². The maximum atomic E-state index is 12.7. The van der Waals surface area contributed by atoms with Crippen LogP contribution in [0.4, 0.5) is 0 Å². The van der Waals surface area contributed by atoms with Crippen molar-refractivity contribution in [2.45, 2.75) is 6.04 Å². The molecule has 0 spiro atoms. The van der Waals surface area contributed by atoms with Crippen molar-refractivity contribution in [3.63, 3.8) is 0 Å². The summed E-state index contributed by atoms with van der Waals surface area (Å²) >= 11 is 1.73. The molecule has 0 radical (unpaired) electrons. The van der Waals surface area contributed by atoms with Gasteiger partial charge >= 0.3 is 0 Å². The summed E-state index contributed by atoms with van der Waals surface area (Å²) in [6.45, 7) is 3.82. The maximum Gasteiger partial charge on any atom is 0.251 e. The molecule has 0 unspecified atom stereocenters. The molecule has 1 fully saturated rings. The normalized spacial score (nSPS) is 15.1. The van der Waals surface area contributed by atoms with Crippen molar-refractivity contribution < 1.29 is 9.53 Å². The van der Waals surface area contributed by atoms with Crippen molar-refractivity contribution in [2.75, 3.05) is 32.8 Å². The van der Waals surface area contributed by atoms with Gasteiger partial charge in [-0.25, -0.2) is 0 Å². The van der Waals surface area contributed by atoms with Gasteiger partial charge in [0, 0.05) is 41.2 Å². The predicted octanol–water partition coefficient (Wildman–Crippen LogP) is 3.95. The molecule has 2 heterocycles. The number of benzene rings is 2. The second kappa shape index (κ2) is 10.2. The third kappa shape index (κ3) is 5.37. The zero-order valence-corrected chi connectivity index (χ0v) is 17.5. The van der Waals surface area contributed by atoms with E-state index in [0.717, 1.165) is 37.4 Å². The molecule has 30 heavy (non-hydrogen) atoms. The zero-order chi connectivity index (χ0) is 20.6. The van der Waals surface area contributed by atoms with Crippen LogP contribution < -0.4 is 5.32 Å². The molecule has 1 aromatic heterocycles. The van der Waals surface area contributed by atoms with Crippen LogP contribution in [0.5, 0.6) is 0 Å². The van der Waals surface area contributed by atoms with E-state index in [1.54, 1.807) is 11.3 Å².